The van der Waals surface area contributed by atoms with Crippen LogP contribution in [-0.4, -0.2) is 7.05 Å². The van der Waals surface area contributed by atoms with Crippen LogP contribution in [0, 0.1) is 27.7 Å². The van der Waals surface area contributed by atoms with Gasteiger partial charge in [-0.25, -0.2) is 0 Å². The summed E-state index contributed by atoms with van der Waals surface area (Å²) in [7, 11) is 1.99. The van der Waals surface area contributed by atoms with E-state index in [-0.39, 0.29) is 0 Å². The molecule has 0 atom stereocenters. The Morgan fingerprint density at radius 2 is 1.61 bits per heavy atom. The third kappa shape index (κ3) is 2.36. The lowest BCUT2D eigenvalue weighted by Gasteiger charge is -2.13. The van der Waals surface area contributed by atoms with Crippen molar-refractivity contribution in [3.05, 3.63) is 45.3 Å². The lowest BCUT2D eigenvalue weighted by Crippen LogP contribution is -2.03. The minimum Gasteiger partial charge on any atom is -0.316 e. The van der Waals surface area contributed by atoms with E-state index >= 15 is 0 Å². The maximum absolute atomic E-state index is 3.21. The van der Waals surface area contributed by atoms with Gasteiger partial charge in [0.25, 0.3) is 0 Å². The second-order valence-corrected chi connectivity index (χ2v) is 5.90. The predicted octanol–water partition coefficient (Wildman–Crippen LogP) is 4.37. The molecule has 1 heterocycles. The van der Waals surface area contributed by atoms with Gasteiger partial charge >= 0.3 is 0 Å². The highest BCUT2D eigenvalue weighted by Gasteiger charge is 2.12. The molecule has 18 heavy (non-hydrogen) atoms. The third-order valence-electron chi connectivity index (χ3n) is 3.65. The van der Waals surface area contributed by atoms with Crippen molar-refractivity contribution >= 4 is 11.3 Å². The van der Waals surface area contributed by atoms with Gasteiger partial charge in [-0.3, -0.25) is 0 Å². The fraction of sp³-hybridized carbons (Fsp3) is 0.375. The average molecular weight is 259 g/mol. The van der Waals surface area contributed by atoms with E-state index in [2.05, 4.69) is 50.5 Å². The summed E-state index contributed by atoms with van der Waals surface area (Å²) in [6, 6.07) is 4.60. The van der Waals surface area contributed by atoms with E-state index in [9.17, 15) is 0 Å². The van der Waals surface area contributed by atoms with Gasteiger partial charge in [-0.2, -0.15) is 0 Å². The molecule has 96 valence electrons. The molecule has 0 aliphatic rings. The van der Waals surface area contributed by atoms with Crippen LogP contribution in [0.4, 0.5) is 0 Å². The first-order valence-corrected chi connectivity index (χ1v) is 7.22. The Labute approximate surface area is 114 Å². The molecule has 0 saturated carbocycles. The molecular weight excluding hydrogens is 238 g/mol. The monoisotopic (exact) mass is 259 g/mol. The molecule has 1 nitrogen and oxygen atoms in total. The van der Waals surface area contributed by atoms with E-state index in [1.54, 1.807) is 0 Å². The number of nitrogens with one attached hydrogen (secondary N) is 1. The normalized spacial score (nSPS) is 10.9. The van der Waals surface area contributed by atoms with Crippen molar-refractivity contribution < 1.29 is 0 Å². The zero-order chi connectivity index (χ0) is 13.3. The SMILES string of the molecule is CNCc1csc(-c2c(C)c(C)cc(C)c2C)c1. The van der Waals surface area contributed by atoms with Gasteiger partial charge in [0.2, 0.25) is 0 Å². The summed E-state index contributed by atoms with van der Waals surface area (Å²) < 4.78 is 0. The van der Waals surface area contributed by atoms with Gasteiger partial charge in [-0.1, -0.05) is 6.07 Å². The standard InChI is InChI=1S/C16H21NS/c1-10-6-11(2)13(4)16(12(10)3)15-7-14(8-17-5)9-18-15/h6-7,9,17H,8H2,1-5H3. The van der Waals surface area contributed by atoms with E-state index < -0.39 is 0 Å². The number of benzene rings is 1. The summed E-state index contributed by atoms with van der Waals surface area (Å²) in [6.45, 7) is 9.81. The van der Waals surface area contributed by atoms with Crippen LogP contribution in [0.3, 0.4) is 0 Å². The minimum atomic E-state index is 0.944. The first-order chi connectivity index (χ1) is 8.54. The van der Waals surface area contributed by atoms with Gasteiger partial charge in [0.1, 0.15) is 0 Å². The minimum absolute atomic E-state index is 0.944. The Morgan fingerprint density at radius 3 is 2.17 bits per heavy atom. The molecule has 0 bridgehead atoms. The van der Waals surface area contributed by atoms with Crippen molar-refractivity contribution in [2.24, 2.45) is 0 Å². The van der Waals surface area contributed by atoms with E-state index in [0.29, 0.717) is 0 Å². The molecule has 0 fully saturated rings. The molecule has 0 saturated heterocycles. The molecule has 0 radical (unpaired) electrons. The van der Waals surface area contributed by atoms with Crippen molar-refractivity contribution in [2.75, 3.05) is 7.05 Å². The largest absolute Gasteiger partial charge is 0.316 e. The number of hydrogen-bond donors (Lipinski definition) is 1. The molecule has 0 unspecified atom stereocenters. The first kappa shape index (κ1) is 13.3. The fourth-order valence-electron chi connectivity index (χ4n) is 2.39. The highest BCUT2D eigenvalue weighted by Crippen LogP contribution is 2.35. The van der Waals surface area contributed by atoms with Crippen LogP contribution >= 0.6 is 11.3 Å². The maximum Gasteiger partial charge on any atom is 0.0351 e. The van der Waals surface area contributed by atoms with Crippen LogP contribution in [0.15, 0.2) is 17.5 Å². The molecule has 0 aliphatic carbocycles. The van der Waals surface area contributed by atoms with E-state index in [1.807, 2.05) is 18.4 Å². The summed E-state index contributed by atoms with van der Waals surface area (Å²) in [5.41, 5.74) is 8.40. The van der Waals surface area contributed by atoms with Crippen molar-refractivity contribution in [2.45, 2.75) is 34.2 Å². The molecule has 1 aromatic heterocycles. The quantitative estimate of drug-likeness (QED) is 0.863. The van der Waals surface area contributed by atoms with Gasteiger partial charge in [0.15, 0.2) is 0 Å². The van der Waals surface area contributed by atoms with E-state index in [0.717, 1.165) is 6.54 Å². The van der Waals surface area contributed by atoms with Crippen molar-refractivity contribution in [3.8, 4) is 10.4 Å². The topological polar surface area (TPSA) is 12.0 Å². The summed E-state index contributed by atoms with van der Waals surface area (Å²) >= 11 is 1.85. The molecule has 0 aliphatic heterocycles. The number of hydrogen-bond acceptors (Lipinski definition) is 2. The van der Waals surface area contributed by atoms with Crippen LogP contribution in [0.1, 0.15) is 27.8 Å². The molecule has 0 amide bonds. The summed E-state index contributed by atoms with van der Waals surface area (Å²) in [4.78, 5) is 1.39. The van der Waals surface area contributed by atoms with Crippen LogP contribution in [0.5, 0.6) is 0 Å². The number of thiophene rings is 1. The van der Waals surface area contributed by atoms with Gasteiger partial charge in [-0.15, -0.1) is 11.3 Å². The molecule has 1 aromatic carbocycles. The van der Waals surface area contributed by atoms with Crippen LogP contribution in [-0.2, 0) is 6.54 Å². The van der Waals surface area contributed by atoms with E-state index in [4.69, 9.17) is 0 Å². The van der Waals surface area contributed by atoms with Crippen LogP contribution in [0.2, 0.25) is 0 Å². The highest BCUT2D eigenvalue weighted by molar-refractivity contribution is 7.13. The van der Waals surface area contributed by atoms with Crippen LogP contribution < -0.4 is 5.32 Å². The second-order valence-electron chi connectivity index (χ2n) is 4.98. The number of aryl methyl sites for hydroxylation is 2. The number of rotatable bonds is 3. The zero-order valence-electron chi connectivity index (χ0n) is 11.8. The summed E-state index contributed by atoms with van der Waals surface area (Å²) in [5, 5.41) is 5.46. The Hall–Kier alpha value is -1.12. The summed E-state index contributed by atoms with van der Waals surface area (Å²) in [5.74, 6) is 0. The lowest BCUT2D eigenvalue weighted by molar-refractivity contribution is 0.821. The Morgan fingerprint density at radius 1 is 1.00 bits per heavy atom. The average Bonchev–Trinajstić information content (AvgIpc) is 2.76. The zero-order valence-corrected chi connectivity index (χ0v) is 12.7. The lowest BCUT2D eigenvalue weighted by atomic mass is 9.93. The Kier molecular flexibility index (Phi) is 3.88. The molecular formula is C16H21NS. The molecule has 2 heteroatoms. The van der Waals surface area contributed by atoms with Crippen molar-refractivity contribution in [1.82, 2.24) is 5.32 Å². The maximum atomic E-state index is 3.21. The van der Waals surface area contributed by atoms with E-state index in [1.165, 1.54) is 38.3 Å². The van der Waals surface area contributed by atoms with Gasteiger partial charge < -0.3 is 5.32 Å². The summed E-state index contributed by atoms with van der Waals surface area (Å²) in [6.07, 6.45) is 0. The van der Waals surface area contributed by atoms with Gasteiger partial charge in [0, 0.05) is 11.4 Å². The van der Waals surface area contributed by atoms with Crippen molar-refractivity contribution in [1.29, 1.82) is 0 Å². The molecule has 2 aromatic rings. The first-order valence-electron chi connectivity index (χ1n) is 6.34. The molecule has 1 N–H and O–H groups in total. The van der Waals surface area contributed by atoms with Crippen molar-refractivity contribution in [3.63, 3.8) is 0 Å². The molecule has 2 rings (SSSR count). The Balaban J connectivity index is 2.55. The fourth-order valence-corrected chi connectivity index (χ4v) is 3.46. The predicted molar refractivity (Wildman–Crippen MR) is 81.5 cm³/mol. The van der Waals surface area contributed by atoms with Gasteiger partial charge in [0.05, 0.1) is 0 Å². The molecule has 0 spiro atoms. The Bertz CT molecular complexity index is 540. The smallest absolute Gasteiger partial charge is 0.0351 e. The third-order valence-corrected chi connectivity index (χ3v) is 4.64. The highest BCUT2D eigenvalue weighted by atomic mass is 32.1. The van der Waals surface area contributed by atoms with Crippen LogP contribution in [0.25, 0.3) is 10.4 Å². The van der Waals surface area contributed by atoms with Gasteiger partial charge in [-0.05, 0) is 79.6 Å². The second kappa shape index (κ2) is 5.25.